The second kappa shape index (κ2) is 10.2. The number of hydrogen-bond donors (Lipinski definition) is 0. The molecule has 1 aliphatic heterocycles. The third kappa shape index (κ3) is 5.30. The Morgan fingerprint density at radius 3 is 2.00 bits per heavy atom. The van der Waals surface area contributed by atoms with Crippen LogP contribution in [0.5, 0.6) is 0 Å². The van der Waals surface area contributed by atoms with Crippen LogP contribution < -0.4 is 4.90 Å². The molecule has 1 amide bonds. The first-order chi connectivity index (χ1) is 15.2. The van der Waals surface area contributed by atoms with Crippen molar-refractivity contribution in [3.05, 3.63) is 96.2 Å². The number of carbonyl (C=O) groups is 1. The molecule has 0 spiro atoms. The summed E-state index contributed by atoms with van der Waals surface area (Å²) in [6.45, 7) is 3.87. The van der Waals surface area contributed by atoms with E-state index in [-0.39, 0.29) is 11.9 Å². The Morgan fingerprint density at radius 2 is 1.45 bits per heavy atom. The lowest BCUT2D eigenvalue weighted by atomic mass is 9.97. The van der Waals surface area contributed by atoms with Crippen molar-refractivity contribution in [2.75, 3.05) is 44.7 Å². The number of pyridine rings is 1. The maximum Gasteiger partial charge on any atom is 0.223 e. The van der Waals surface area contributed by atoms with Gasteiger partial charge in [0, 0.05) is 45.3 Å². The summed E-state index contributed by atoms with van der Waals surface area (Å²) in [5, 5.41) is 0. The standard InChI is InChI=1S/C26H30N4O/c1-28(26(22-10-4-2-5-11-22)23-12-6-3-7-13-23)17-15-25(31)30-20-18-29(19-21-30)24-14-8-9-16-27-24/h2-14,16,26H,15,17-21H2,1H3. The molecule has 5 nitrogen and oxygen atoms in total. The molecule has 160 valence electrons. The first-order valence-electron chi connectivity index (χ1n) is 11.0. The summed E-state index contributed by atoms with van der Waals surface area (Å²) in [7, 11) is 2.11. The van der Waals surface area contributed by atoms with E-state index < -0.39 is 0 Å². The topological polar surface area (TPSA) is 39.7 Å². The fraction of sp³-hybridized carbons (Fsp3) is 0.308. The molecule has 0 saturated carbocycles. The minimum atomic E-state index is 0.135. The monoisotopic (exact) mass is 414 g/mol. The van der Waals surface area contributed by atoms with Crippen molar-refractivity contribution in [3.63, 3.8) is 0 Å². The number of hydrogen-bond acceptors (Lipinski definition) is 4. The van der Waals surface area contributed by atoms with Crippen LogP contribution in [0, 0.1) is 0 Å². The molecule has 5 heteroatoms. The highest BCUT2D eigenvalue weighted by atomic mass is 16.2. The predicted molar refractivity (Wildman–Crippen MR) is 125 cm³/mol. The summed E-state index contributed by atoms with van der Waals surface area (Å²) in [5.41, 5.74) is 2.49. The van der Waals surface area contributed by atoms with E-state index in [4.69, 9.17) is 0 Å². The number of piperazine rings is 1. The second-order valence-electron chi connectivity index (χ2n) is 8.01. The normalized spacial score (nSPS) is 14.3. The van der Waals surface area contributed by atoms with Crippen LogP contribution in [0.15, 0.2) is 85.1 Å². The van der Waals surface area contributed by atoms with Crippen molar-refractivity contribution >= 4 is 11.7 Å². The van der Waals surface area contributed by atoms with Gasteiger partial charge in [-0.3, -0.25) is 9.69 Å². The zero-order chi connectivity index (χ0) is 21.5. The average molecular weight is 415 g/mol. The molecular formula is C26H30N4O. The maximum absolute atomic E-state index is 12.9. The van der Waals surface area contributed by atoms with Crippen molar-refractivity contribution in [2.45, 2.75) is 12.5 Å². The van der Waals surface area contributed by atoms with Gasteiger partial charge in [-0.25, -0.2) is 4.98 Å². The summed E-state index contributed by atoms with van der Waals surface area (Å²) < 4.78 is 0. The number of rotatable bonds is 7. The summed E-state index contributed by atoms with van der Waals surface area (Å²) in [6, 6.07) is 27.1. The molecule has 2 heterocycles. The predicted octanol–water partition coefficient (Wildman–Crippen LogP) is 3.84. The van der Waals surface area contributed by atoms with Gasteiger partial charge in [-0.1, -0.05) is 66.7 Å². The highest BCUT2D eigenvalue weighted by molar-refractivity contribution is 5.76. The van der Waals surface area contributed by atoms with Crippen molar-refractivity contribution in [1.82, 2.24) is 14.8 Å². The second-order valence-corrected chi connectivity index (χ2v) is 8.01. The Kier molecular flexibility index (Phi) is 6.95. The van der Waals surface area contributed by atoms with Crippen LogP contribution in [0.25, 0.3) is 0 Å². The van der Waals surface area contributed by atoms with Gasteiger partial charge < -0.3 is 9.80 Å². The van der Waals surface area contributed by atoms with Gasteiger partial charge in [0.1, 0.15) is 5.82 Å². The highest BCUT2D eigenvalue weighted by Gasteiger charge is 2.24. The molecule has 0 unspecified atom stereocenters. The lowest BCUT2D eigenvalue weighted by Crippen LogP contribution is -2.49. The van der Waals surface area contributed by atoms with E-state index in [1.54, 1.807) is 0 Å². The first-order valence-corrected chi connectivity index (χ1v) is 11.0. The van der Waals surface area contributed by atoms with Gasteiger partial charge >= 0.3 is 0 Å². The van der Waals surface area contributed by atoms with Gasteiger partial charge in [0.25, 0.3) is 0 Å². The summed E-state index contributed by atoms with van der Waals surface area (Å²) >= 11 is 0. The molecule has 1 saturated heterocycles. The fourth-order valence-electron chi connectivity index (χ4n) is 4.26. The summed E-state index contributed by atoms with van der Waals surface area (Å²) in [5.74, 6) is 1.22. The van der Waals surface area contributed by atoms with Crippen LogP contribution in [0.2, 0.25) is 0 Å². The van der Waals surface area contributed by atoms with Crippen LogP contribution in [0.4, 0.5) is 5.82 Å². The molecule has 1 aromatic heterocycles. The Morgan fingerprint density at radius 1 is 0.871 bits per heavy atom. The first kappa shape index (κ1) is 21.1. The third-order valence-corrected chi connectivity index (χ3v) is 5.96. The molecule has 1 fully saturated rings. The molecule has 0 aliphatic carbocycles. The van der Waals surface area contributed by atoms with Crippen molar-refractivity contribution in [1.29, 1.82) is 0 Å². The number of amides is 1. The van der Waals surface area contributed by atoms with E-state index in [1.165, 1.54) is 11.1 Å². The molecule has 1 aliphatic rings. The Balaban J connectivity index is 1.35. The number of anilines is 1. The van der Waals surface area contributed by atoms with Crippen molar-refractivity contribution < 1.29 is 4.79 Å². The number of benzene rings is 2. The smallest absolute Gasteiger partial charge is 0.223 e. The molecule has 0 atom stereocenters. The minimum absolute atomic E-state index is 0.135. The van der Waals surface area contributed by atoms with Crippen LogP contribution in [0.1, 0.15) is 23.6 Å². The lowest BCUT2D eigenvalue weighted by Gasteiger charge is -2.36. The average Bonchev–Trinajstić information content (AvgIpc) is 2.85. The van der Waals surface area contributed by atoms with Crippen LogP contribution in [0.3, 0.4) is 0 Å². The molecule has 31 heavy (non-hydrogen) atoms. The fourth-order valence-corrected chi connectivity index (χ4v) is 4.26. The van der Waals surface area contributed by atoms with Crippen LogP contribution in [-0.4, -0.2) is 60.5 Å². The third-order valence-electron chi connectivity index (χ3n) is 5.96. The van der Waals surface area contributed by atoms with Gasteiger partial charge in [0.2, 0.25) is 5.91 Å². The van der Waals surface area contributed by atoms with Gasteiger partial charge in [0.15, 0.2) is 0 Å². The van der Waals surface area contributed by atoms with Gasteiger partial charge in [-0.2, -0.15) is 0 Å². The van der Waals surface area contributed by atoms with E-state index in [0.29, 0.717) is 13.0 Å². The SMILES string of the molecule is CN(CCC(=O)N1CCN(c2ccccn2)CC1)C(c1ccccc1)c1ccccc1. The Bertz CT molecular complexity index is 901. The number of aromatic nitrogens is 1. The highest BCUT2D eigenvalue weighted by Crippen LogP contribution is 2.27. The molecule has 0 bridgehead atoms. The van der Waals surface area contributed by atoms with Crippen LogP contribution >= 0.6 is 0 Å². The molecular weight excluding hydrogens is 384 g/mol. The number of carbonyl (C=O) groups excluding carboxylic acids is 1. The van der Waals surface area contributed by atoms with Gasteiger partial charge in [-0.15, -0.1) is 0 Å². The summed E-state index contributed by atoms with van der Waals surface area (Å²) in [4.78, 5) is 23.9. The molecule has 2 aromatic carbocycles. The van der Waals surface area contributed by atoms with Crippen LogP contribution in [-0.2, 0) is 4.79 Å². The van der Waals surface area contributed by atoms with Gasteiger partial charge in [-0.05, 0) is 30.3 Å². The Labute approximate surface area is 184 Å². The molecule has 0 radical (unpaired) electrons. The quantitative estimate of drug-likeness (QED) is 0.589. The lowest BCUT2D eigenvalue weighted by molar-refractivity contribution is -0.131. The maximum atomic E-state index is 12.9. The van der Waals surface area contributed by atoms with Gasteiger partial charge in [0.05, 0.1) is 6.04 Å². The largest absolute Gasteiger partial charge is 0.353 e. The van der Waals surface area contributed by atoms with E-state index in [2.05, 4.69) is 70.4 Å². The van der Waals surface area contributed by atoms with Crippen molar-refractivity contribution in [2.24, 2.45) is 0 Å². The molecule has 3 aromatic rings. The zero-order valence-corrected chi connectivity index (χ0v) is 18.1. The molecule has 4 rings (SSSR count). The van der Waals surface area contributed by atoms with E-state index >= 15 is 0 Å². The van der Waals surface area contributed by atoms with Crippen molar-refractivity contribution in [3.8, 4) is 0 Å². The molecule has 0 N–H and O–H groups in total. The van der Waals surface area contributed by atoms with E-state index in [9.17, 15) is 4.79 Å². The van der Waals surface area contributed by atoms with E-state index in [1.807, 2.05) is 41.4 Å². The minimum Gasteiger partial charge on any atom is -0.353 e. The number of nitrogens with zero attached hydrogens (tertiary/aromatic N) is 4. The zero-order valence-electron chi connectivity index (χ0n) is 18.1. The Hall–Kier alpha value is -3.18. The summed E-state index contributed by atoms with van der Waals surface area (Å²) in [6.07, 6.45) is 2.34. The van der Waals surface area contributed by atoms with E-state index in [0.717, 1.165) is 32.0 Å².